The summed E-state index contributed by atoms with van der Waals surface area (Å²) in [5.41, 5.74) is 3.38. The van der Waals surface area contributed by atoms with Crippen molar-refractivity contribution in [1.82, 2.24) is 10.6 Å². The van der Waals surface area contributed by atoms with Crippen LogP contribution in [0.1, 0.15) is 24.1 Å². The Kier molecular flexibility index (Phi) is 5.29. The Balaban J connectivity index is 2.02. The van der Waals surface area contributed by atoms with Gasteiger partial charge in [0.15, 0.2) is 5.11 Å². The van der Waals surface area contributed by atoms with Crippen LogP contribution in [0.5, 0.6) is 5.75 Å². The maximum atomic E-state index is 13.0. The highest BCUT2D eigenvalue weighted by Gasteiger charge is 2.31. The molecule has 134 valence electrons. The van der Waals surface area contributed by atoms with E-state index in [4.69, 9.17) is 12.2 Å². The number of thiocarbonyl (C=S) groups is 1. The molecule has 0 unspecified atom stereocenters. The number of carbonyl (C=O) groups excluding carboxylic acids is 1. The van der Waals surface area contributed by atoms with Crippen LogP contribution in [0.2, 0.25) is 0 Å². The average Bonchev–Trinajstić information content (AvgIpc) is 2.58. The minimum absolute atomic E-state index is 0.0874. The van der Waals surface area contributed by atoms with Gasteiger partial charge in [0.2, 0.25) is 0 Å². The van der Waals surface area contributed by atoms with Gasteiger partial charge in [-0.1, -0.05) is 34.1 Å². The quantitative estimate of drug-likeness (QED) is 0.554. The summed E-state index contributed by atoms with van der Waals surface area (Å²) < 4.78 is 0.799. The number of amides is 1. The van der Waals surface area contributed by atoms with Crippen LogP contribution in [0.3, 0.4) is 0 Å². The summed E-state index contributed by atoms with van der Waals surface area (Å²) in [7, 11) is 0. The number of para-hydroxylation sites is 1. The fourth-order valence-electron chi connectivity index (χ4n) is 2.89. The lowest BCUT2D eigenvalue weighted by Crippen LogP contribution is -2.45. The number of carbonyl (C=O) groups is 1. The van der Waals surface area contributed by atoms with Gasteiger partial charge in [-0.05, 0) is 55.9 Å². The predicted molar refractivity (Wildman–Crippen MR) is 110 cm³/mol. The monoisotopic (exact) mass is 431 g/mol. The van der Waals surface area contributed by atoms with Crippen molar-refractivity contribution in [1.29, 1.82) is 0 Å². The molecule has 0 aromatic heterocycles. The van der Waals surface area contributed by atoms with Gasteiger partial charge in [0.1, 0.15) is 5.75 Å². The number of anilines is 1. The number of hydrogen-bond acceptors (Lipinski definition) is 3. The van der Waals surface area contributed by atoms with Gasteiger partial charge in [-0.3, -0.25) is 4.79 Å². The van der Waals surface area contributed by atoms with Gasteiger partial charge in [0.25, 0.3) is 5.91 Å². The molecule has 0 bridgehead atoms. The standard InChI is InChI=1S/C19H18BrN3O2S/c1-10-5-3-4-6-14(10)22-18(25)16-11(2)21-19(26)23-17(16)13-9-12(20)7-8-15(13)24/h3-9,17,24H,1-2H3,(H,22,25)(H2,21,23,26)/t17-/m1/s1. The lowest BCUT2D eigenvalue weighted by atomic mass is 9.94. The van der Waals surface area contributed by atoms with E-state index in [1.807, 2.05) is 31.2 Å². The van der Waals surface area contributed by atoms with Crippen molar-refractivity contribution < 1.29 is 9.90 Å². The summed E-state index contributed by atoms with van der Waals surface area (Å²) in [5, 5.41) is 19.7. The zero-order chi connectivity index (χ0) is 18.8. The van der Waals surface area contributed by atoms with Crippen LogP contribution in [0.25, 0.3) is 0 Å². The Morgan fingerprint density at radius 1 is 1.23 bits per heavy atom. The second-order valence-corrected chi connectivity index (χ2v) is 7.37. The predicted octanol–water partition coefficient (Wildman–Crippen LogP) is 3.89. The van der Waals surface area contributed by atoms with E-state index in [-0.39, 0.29) is 11.7 Å². The van der Waals surface area contributed by atoms with E-state index in [0.29, 0.717) is 21.9 Å². The van der Waals surface area contributed by atoms with Crippen LogP contribution < -0.4 is 16.0 Å². The first-order valence-electron chi connectivity index (χ1n) is 8.00. The number of phenolic OH excluding ortho intramolecular Hbond substituents is 1. The van der Waals surface area contributed by atoms with E-state index in [2.05, 4.69) is 31.9 Å². The highest BCUT2D eigenvalue weighted by molar-refractivity contribution is 9.10. The largest absolute Gasteiger partial charge is 0.508 e. The topological polar surface area (TPSA) is 73.4 Å². The molecule has 1 heterocycles. The van der Waals surface area contributed by atoms with E-state index in [0.717, 1.165) is 15.7 Å². The SMILES string of the molecule is CC1=C(C(=O)Nc2ccccc2C)[C@@H](c2cc(Br)ccc2O)NC(=S)N1. The molecule has 0 spiro atoms. The van der Waals surface area contributed by atoms with Crippen LogP contribution in [0, 0.1) is 6.92 Å². The highest BCUT2D eigenvalue weighted by atomic mass is 79.9. The number of hydrogen-bond donors (Lipinski definition) is 4. The summed E-state index contributed by atoms with van der Waals surface area (Å²) in [6.45, 7) is 3.73. The Labute approximate surface area is 165 Å². The second kappa shape index (κ2) is 7.47. The van der Waals surface area contributed by atoms with Crippen molar-refractivity contribution in [3.8, 4) is 5.75 Å². The van der Waals surface area contributed by atoms with Crippen molar-refractivity contribution in [2.75, 3.05) is 5.32 Å². The number of aromatic hydroxyl groups is 1. The normalized spacial score (nSPS) is 16.7. The fraction of sp³-hybridized carbons (Fsp3) is 0.158. The molecule has 1 aliphatic heterocycles. The number of benzene rings is 2. The minimum atomic E-state index is -0.565. The van der Waals surface area contributed by atoms with Crippen LogP contribution in [-0.4, -0.2) is 16.1 Å². The van der Waals surface area contributed by atoms with E-state index >= 15 is 0 Å². The molecular weight excluding hydrogens is 414 g/mol. The zero-order valence-corrected chi connectivity index (χ0v) is 16.7. The van der Waals surface area contributed by atoms with Gasteiger partial charge < -0.3 is 21.1 Å². The zero-order valence-electron chi connectivity index (χ0n) is 14.3. The molecule has 7 heteroatoms. The Bertz CT molecular complexity index is 927. The Hall–Kier alpha value is -2.38. The molecule has 4 N–H and O–H groups in total. The van der Waals surface area contributed by atoms with Gasteiger partial charge in [-0.25, -0.2) is 0 Å². The van der Waals surface area contributed by atoms with Crippen molar-refractivity contribution in [3.05, 3.63) is 69.3 Å². The molecule has 0 aliphatic carbocycles. The van der Waals surface area contributed by atoms with E-state index in [1.165, 1.54) is 0 Å². The smallest absolute Gasteiger partial charge is 0.255 e. The molecule has 5 nitrogen and oxygen atoms in total. The van der Waals surface area contributed by atoms with Gasteiger partial charge in [-0.2, -0.15) is 0 Å². The molecular formula is C19H18BrN3O2S. The molecule has 0 fully saturated rings. The van der Waals surface area contributed by atoms with Crippen LogP contribution in [0.4, 0.5) is 5.69 Å². The molecule has 2 aromatic rings. The summed E-state index contributed by atoms with van der Waals surface area (Å²) in [4.78, 5) is 13.0. The van der Waals surface area contributed by atoms with Gasteiger partial charge in [0.05, 0.1) is 11.6 Å². The Morgan fingerprint density at radius 3 is 2.69 bits per heavy atom. The third kappa shape index (κ3) is 3.73. The molecule has 0 radical (unpaired) electrons. The van der Waals surface area contributed by atoms with Gasteiger partial charge >= 0.3 is 0 Å². The molecule has 26 heavy (non-hydrogen) atoms. The summed E-state index contributed by atoms with van der Waals surface area (Å²) in [5.74, 6) is -0.173. The van der Waals surface area contributed by atoms with Crippen LogP contribution >= 0.6 is 28.1 Å². The third-order valence-corrected chi connectivity index (χ3v) is 4.92. The number of halogens is 1. The first-order valence-corrected chi connectivity index (χ1v) is 9.20. The fourth-order valence-corrected chi connectivity index (χ4v) is 3.54. The number of rotatable bonds is 3. The highest BCUT2D eigenvalue weighted by Crippen LogP contribution is 2.34. The lowest BCUT2D eigenvalue weighted by Gasteiger charge is -2.31. The molecule has 0 saturated carbocycles. The Morgan fingerprint density at radius 2 is 1.96 bits per heavy atom. The van der Waals surface area contributed by atoms with E-state index in [1.54, 1.807) is 25.1 Å². The first kappa shape index (κ1) is 18.4. The van der Waals surface area contributed by atoms with Gasteiger partial charge in [-0.15, -0.1) is 0 Å². The maximum absolute atomic E-state index is 13.0. The average molecular weight is 432 g/mol. The minimum Gasteiger partial charge on any atom is -0.508 e. The van der Waals surface area contributed by atoms with E-state index in [9.17, 15) is 9.90 Å². The third-order valence-electron chi connectivity index (χ3n) is 4.21. The van der Waals surface area contributed by atoms with Crippen LogP contribution in [-0.2, 0) is 4.79 Å². The molecule has 1 amide bonds. The van der Waals surface area contributed by atoms with Gasteiger partial charge in [0, 0.05) is 21.4 Å². The molecule has 1 aliphatic rings. The molecule has 1 atom stereocenters. The number of phenols is 1. The van der Waals surface area contributed by atoms with Crippen molar-refractivity contribution in [2.24, 2.45) is 0 Å². The van der Waals surface area contributed by atoms with E-state index < -0.39 is 6.04 Å². The molecule has 0 saturated heterocycles. The molecule has 2 aromatic carbocycles. The first-order chi connectivity index (χ1) is 12.4. The number of allylic oxidation sites excluding steroid dienone is 1. The second-order valence-electron chi connectivity index (χ2n) is 6.04. The maximum Gasteiger partial charge on any atom is 0.255 e. The summed E-state index contributed by atoms with van der Waals surface area (Å²) in [6.07, 6.45) is 0. The van der Waals surface area contributed by atoms with Crippen LogP contribution in [0.15, 0.2) is 58.2 Å². The molecule has 3 rings (SSSR count). The van der Waals surface area contributed by atoms with Crippen molar-refractivity contribution in [3.63, 3.8) is 0 Å². The number of aryl methyl sites for hydroxylation is 1. The summed E-state index contributed by atoms with van der Waals surface area (Å²) in [6, 6.07) is 12.1. The summed E-state index contributed by atoms with van der Waals surface area (Å²) >= 11 is 8.65. The van der Waals surface area contributed by atoms with Crippen molar-refractivity contribution >= 4 is 44.9 Å². The lowest BCUT2D eigenvalue weighted by molar-refractivity contribution is -0.113. The number of nitrogens with one attached hydrogen (secondary N) is 3. The van der Waals surface area contributed by atoms with Crippen molar-refractivity contribution in [2.45, 2.75) is 19.9 Å².